The molecule has 0 aliphatic heterocycles. The normalized spacial score (nSPS) is 10.7. The second kappa shape index (κ2) is 6.55. The van der Waals surface area contributed by atoms with E-state index in [4.69, 9.17) is 0 Å². The maximum Gasteiger partial charge on any atom is 0.269 e. The minimum absolute atomic E-state index is 0.208. The van der Waals surface area contributed by atoms with Crippen molar-refractivity contribution in [2.75, 3.05) is 5.32 Å². The Morgan fingerprint density at radius 1 is 1.26 bits per heavy atom. The van der Waals surface area contributed by atoms with Gasteiger partial charge in [0.15, 0.2) is 5.13 Å². The molecule has 0 unspecified atom stereocenters. The van der Waals surface area contributed by atoms with E-state index in [-0.39, 0.29) is 11.7 Å². The topological polar surface area (TPSA) is 54.9 Å². The van der Waals surface area contributed by atoms with Gasteiger partial charge in [-0.2, -0.15) is 0 Å². The van der Waals surface area contributed by atoms with E-state index in [9.17, 15) is 9.18 Å². The monoisotopic (exact) mass is 347 g/mol. The number of aryl methyl sites for hydroxylation is 2. The number of hydrogen-bond donors (Lipinski definition) is 1. The minimum Gasteiger partial charge on any atom is -0.297 e. The summed E-state index contributed by atoms with van der Waals surface area (Å²) < 4.78 is 13.7. The highest BCUT2D eigenvalue weighted by molar-refractivity contribution is 7.16. The van der Waals surface area contributed by atoms with Crippen molar-refractivity contribution >= 4 is 33.7 Å². The van der Waals surface area contributed by atoms with Crippen LogP contribution in [0.2, 0.25) is 0 Å². The molecule has 0 bridgehead atoms. The van der Waals surface area contributed by atoms with E-state index in [1.807, 2.05) is 13.8 Å². The van der Waals surface area contributed by atoms with Crippen LogP contribution >= 0.6 is 22.7 Å². The molecule has 2 aromatic heterocycles. The van der Waals surface area contributed by atoms with Crippen LogP contribution < -0.4 is 5.32 Å². The Morgan fingerprint density at radius 2 is 2.04 bits per heavy atom. The molecule has 0 aliphatic carbocycles. The van der Waals surface area contributed by atoms with Crippen molar-refractivity contribution in [3.8, 4) is 0 Å². The molecule has 0 atom stereocenters. The molecule has 1 amide bonds. The van der Waals surface area contributed by atoms with Gasteiger partial charge in [-0.25, -0.2) is 14.4 Å². The van der Waals surface area contributed by atoms with Gasteiger partial charge in [-0.15, -0.1) is 22.7 Å². The van der Waals surface area contributed by atoms with Gasteiger partial charge in [-0.3, -0.25) is 10.1 Å². The predicted octanol–water partition coefficient (Wildman–Crippen LogP) is 4.20. The maximum atomic E-state index is 13.7. The molecule has 3 rings (SSSR count). The lowest BCUT2D eigenvalue weighted by Gasteiger charge is -2.00. The number of halogens is 1. The fraction of sp³-hybridized carbons (Fsp3) is 0.188. The van der Waals surface area contributed by atoms with Crippen molar-refractivity contribution in [3.63, 3.8) is 0 Å². The first-order chi connectivity index (χ1) is 11.0. The van der Waals surface area contributed by atoms with Gasteiger partial charge in [0.2, 0.25) is 0 Å². The smallest absolute Gasteiger partial charge is 0.269 e. The Bertz CT molecular complexity index is 857. The summed E-state index contributed by atoms with van der Waals surface area (Å²) in [6.07, 6.45) is 2.12. The molecule has 1 N–H and O–H groups in total. The Balaban J connectivity index is 1.71. The van der Waals surface area contributed by atoms with E-state index in [1.54, 1.807) is 24.4 Å². The zero-order valence-corrected chi connectivity index (χ0v) is 14.2. The largest absolute Gasteiger partial charge is 0.297 e. The van der Waals surface area contributed by atoms with Gasteiger partial charge in [0, 0.05) is 17.5 Å². The molecular formula is C16H14FN3OS2. The lowest BCUT2D eigenvalue weighted by atomic mass is 10.1. The van der Waals surface area contributed by atoms with Gasteiger partial charge in [0.05, 0.1) is 10.7 Å². The van der Waals surface area contributed by atoms with E-state index < -0.39 is 0 Å². The van der Waals surface area contributed by atoms with E-state index in [0.717, 1.165) is 9.88 Å². The highest BCUT2D eigenvalue weighted by Gasteiger charge is 2.15. The first-order valence-corrected chi connectivity index (χ1v) is 8.59. The maximum absolute atomic E-state index is 13.7. The number of hydrogen-bond acceptors (Lipinski definition) is 5. The van der Waals surface area contributed by atoms with Crippen LogP contribution in [-0.2, 0) is 6.42 Å². The Hall–Kier alpha value is -2.12. The third-order valence-electron chi connectivity index (χ3n) is 3.21. The van der Waals surface area contributed by atoms with Crippen molar-refractivity contribution in [2.24, 2.45) is 0 Å². The molecule has 23 heavy (non-hydrogen) atoms. The van der Waals surface area contributed by atoms with Crippen LogP contribution in [0.25, 0.3) is 0 Å². The summed E-state index contributed by atoms with van der Waals surface area (Å²) >= 11 is 2.70. The molecule has 118 valence electrons. The lowest BCUT2D eigenvalue weighted by Crippen LogP contribution is -2.11. The zero-order chi connectivity index (χ0) is 16.4. The van der Waals surface area contributed by atoms with E-state index in [2.05, 4.69) is 15.3 Å². The minimum atomic E-state index is -0.234. The summed E-state index contributed by atoms with van der Waals surface area (Å²) in [5.41, 5.74) is 1.33. The molecule has 0 saturated heterocycles. The van der Waals surface area contributed by atoms with Crippen LogP contribution in [0.3, 0.4) is 0 Å². The second-order valence-corrected chi connectivity index (χ2v) is 7.32. The summed E-state index contributed by atoms with van der Waals surface area (Å²) in [5.74, 6) is -0.442. The third-order valence-corrected chi connectivity index (χ3v) is 5.19. The molecule has 4 nitrogen and oxygen atoms in total. The van der Waals surface area contributed by atoms with E-state index in [0.29, 0.717) is 27.7 Å². The van der Waals surface area contributed by atoms with Crippen LogP contribution in [0.1, 0.15) is 30.8 Å². The standard InChI is InChI=1S/C16H14FN3OS2/c1-9-14(22-10(2)19-9)15(21)20-16-18-8-12(23-16)7-11-5-3-4-6-13(11)17/h3-6,8H,7H2,1-2H3,(H,18,20,21). The van der Waals surface area contributed by atoms with E-state index >= 15 is 0 Å². The molecule has 2 heterocycles. The highest BCUT2D eigenvalue weighted by Crippen LogP contribution is 2.24. The number of nitrogens with zero attached hydrogens (tertiary/aromatic N) is 2. The van der Waals surface area contributed by atoms with E-state index in [1.165, 1.54) is 28.7 Å². The number of nitrogens with one attached hydrogen (secondary N) is 1. The first kappa shape index (κ1) is 15.8. The fourth-order valence-corrected chi connectivity index (χ4v) is 3.82. The summed E-state index contributed by atoms with van der Waals surface area (Å²) in [5, 5.41) is 4.14. The molecule has 0 spiro atoms. The SMILES string of the molecule is Cc1nc(C)c(C(=O)Nc2ncc(Cc3ccccc3F)s2)s1. The molecule has 0 fully saturated rings. The van der Waals surface area contributed by atoms with Crippen molar-refractivity contribution in [1.82, 2.24) is 9.97 Å². The summed E-state index contributed by atoms with van der Waals surface area (Å²) in [7, 11) is 0. The van der Waals surface area contributed by atoms with Crippen LogP contribution in [0.4, 0.5) is 9.52 Å². The Morgan fingerprint density at radius 3 is 2.74 bits per heavy atom. The molecule has 0 aliphatic rings. The quantitative estimate of drug-likeness (QED) is 0.769. The van der Waals surface area contributed by atoms with Gasteiger partial charge in [0.25, 0.3) is 5.91 Å². The second-order valence-electron chi connectivity index (χ2n) is 5.00. The lowest BCUT2D eigenvalue weighted by molar-refractivity contribution is 0.103. The average molecular weight is 347 g/mol. The van der Waals surface area contributed by atoms with Crippen molar-refractivity contribution in [2.45, 2.75) is 20.3 Å². The molecular weight excluding hydrogens is 333 g/mol. The number of benzene rings is 1. The van der Waals surface area contributed by atoms with Crippen molar-refractivity contribution in [3.05, 3.63) is 62.3 Å². The number of amides is 1. The Kier molecular flexibility index (Phi) is 4.49. The average Bonchev–Trinajstić information content (AvgIpc) is 3.07. The van der Waals surface area contributed by atoms with Gasteiger partial charge in [-0.05, 0) is 25.5 Å². The number of thiazole rings is 2. The Labute approximate surface area is 141 Å². The molecule has 0 radical (unpaired) electrons. The zero-order valence-electron chi connectivity index (χ0n) is 12.6. The summed E-state index contributed by atoms with van der Waals surface area (Å²) in [6.45, 7) is 3.67. The summed E-state index contributed by atoms with van der Waals surface area (Å²) in [4.78, 5) is 22.2. The number of rotatable bonds is 4. The van der Waals surface area contributed by atoms with Crippen LogP contribution in [0, 0.1) is 19.7 Å². The van der Waals surface area contributed by atoms with Crippen LogP contribution in [0.5, 0.6) is 0 Å². The predicted molar refractivity (Wildman–Crippen MR) is 90.9 cm³/mol. The molecule has 0 saturated carbocycles. The highest BCUT2D eigenvalue weighted by atomic mass is 32.1. The van der Waals surface area contributed by atoms with Crippen LogP contribution in [-0.4, -0.2) is 15.9 Å². The first-order valence-electron chi connectivity index (χ1n) is 6.96. The third kappa shape index (κ3) is 3.62. The molecule has 7 heteroatoms. The van der Waals surface area contributed by atoms with Gasteiger partial charge < -0.3 is 0 Å². The summed E-state index contributed by atoms with van der Waals surface area (Å²) in [6, 6.07) is 6.65. The van der Waals surface area contributed by atoms with Crippen molar-refractivity contribution in [1.29, 1.82) is 0 Å². The van der Waals surface area contributed by atoms with Crippen molar-refractivity contribution < 1.29 is 9.18 Å². The van der Waals surface area contributed by atoms with Gasteiger partial charge in [0.1, 0.15) is 10.7 Å². The number of carbonyl (C=O) groups excluding carboxylic acids is 1. The van der Waals surface area contributed by atoms with Gasteiger partial charge in [-0.1, -0.05) is 18.2 Å². The number of carbonyl (C=O) groups is 1. The number of aromatic nitrogens is 2. The molecule has 3 aromatic rings. The van der Waals surface area contributed by atoms with Gasteiger partial charge >= 0.3 is 0 Å². The fourth-order valence-electron chi connectivity index (χ4n) is 2.17. The molecule has 1 aromatic carbocycles. The number of anilines is 1. The van der Waals surface area contributed by atoms with Crippen LogP contribution in [0.15, 0.2) is 30.5 Å².